The number of aryl methyl sites for hydroxylation is 1. The Hall–Kier alpha value is -3.26. The molecule has 0 aliphatic heterocycles. The van der Waals surface area contributed by atoms with Crippen LogP contribution in [-0.2, 0) is 22.6 Å². The van der Waals surface area contributed by atoms with Crippen molar-refractivity contribution in [3.8, 4) is 22.1 Å². The molecule has 0 bridgehead atoms. The number of rotatable bonds is 7. The van der Waals surface area contributed by atoms with E-state index in [1.807, 2.05) is 11.4 Å². The van der Waals surface area contributed by atoms with Crippen molar-refractivity contribution in [2.75, 3.05) is 0 Å². The highest BCUT2D eigenvalue weighted by Gasteiger charge is 2.12. The molecule has 0 spiro atoms. The Morgan fingerprint density at radius 1 is 1.18 bits per heavy atom. The van der Waals surface area contributed by atoms with Gasteiger partial charge in [0.05, 0.1) is 24.6 Å². The summed E-state index contributed by atoms with van der Waals surface area (Å²) in [5, 5.41) is 2.57. The molecule has 3 aromatic heterocycles. The smallest absolute Gasteiger partial charge is 0.306 e. The molecule has 0 unspecified atom stereocenters. The van der Waals surface area contributed by atoms with E-state index in [-0.39, 0.29) is 24.8 Å². The fourth-order valence-corrected chi connectivity index (χ4v) is 3.27. The number of benzene rings is 1. The number of thiazole rings is 1. The fourth-order valence-electron chi connectivity index (χ4n) is 2.50. The SMILES string of the molecule is O=C(CCc1ncc(-c2ccc(F)cc2)o1)OCc1csc(-c2ccco2)n1. The number of carbonyl (C=O) groups is 1. The lowest BCUT2D eigenvalue weighted by Gasteiger charge is -2.01. The number of carbonyl (C=O) groups excluding carboxylic acids is 1. The minimum atomic E-state index is -0.367. The van der Waals surface area contributed by atoms with Gasteiger partial charge in [-0.2, -0.15) is 0 Å². The number of halogens is 1. The van der Waals surface area contributed by atoms with Crippen LogP contribution >= 0.6 is 11.3 Å². The molecule has 0 saturated carbocycles. The molecular formula is C20H15FN2O4S. The van der Waals surface area contributed by atoms with Crippen LogP contribution in [0.5, 0.6) is 0 Å². The van der Waals surface area contributed by atoms with Crippen molar-refractivity contribution >= 4 is 17.3 Å². The van der Waals surface area contributed by atoms with E-state index in [4.69, 9.17) is 13.6 Å². The summed E-state index contributed by atoms with van der Waals surface area (Å²) in [6, 6.07) is 9.54. The van der Waals surface area contributed by atoms with Gasteiger partial charge in [0, 0.05) is 17.4 Å². The maximum Gasteiger partial charge on any atom is 0.306 e. The van der Waals surface area contributed by atoms with Gasteiger partial charge in [0.15, 0.2) is 22.4 Å². The van der Waals surface area contributed by atoms with Crippen molar-refractivity contribution in [3.05, 3.63) is 71.6 Å². The number of hydrogen-bond donors (Lipinski definition) is 0. The van der Waals surface area contributed by atoms with E-state index in [0.717, 1.165) is 10.6 Å². The van der Waals surface area contributed by atoms with Crippen molar-refractivity contribution in [1.29, 1.82) is 0 Å². The van der Waals surface area contributed by atoms with Crippen molar-refractivity contribution in [2.45, 2.75) is 19.4 Å². The predicted molar refractivity (Wildman–Crippen MR) is 99.8 cm³/mol. The van der Waals surface area contributed by atoms with Gasteiger partial charge in [-0.05, 0) is 36.4 Å². The van der Waals surface area contributed by atoms with Gasteiger partial charge in [-0.3, -0.25) is 4.79 Å². The number of oxazole rings is 1. The average Bonchev–Trinajstić information content (AvgIpc) is 3.46. The molecule has 4 rings (SSSR count). The van der Waals surface area contributed by atoms with Crippen LogP contribution in [0.3, 0.4) is 0 Å². The number of nitrogens with zero attached hydrogens (tertiary/aromatic N) is 2. The van der Waals surface area contributed by atoms with E-state index in [1.165, 1.54) is 23.5 Å². The summed E-state index contributed by atoms with van der Waals surface area (Å²) < 4.78 is 29.1. The maximum atomic E-state index is 13.0. The Balaban J connectivity index is 1.26. The molecule has 0 aliphatic carbocycles. The molecule has 3 heterocycles. The first-order valence-electron chi connectivity index (χ1n) is 8.52. The minimum Gasteiger partial charge on any atom is -0.462 e. The summed E-state index contributed by atoms with van der Waals surface area (Å²) in [6.07, 6.45) is 3.59. The summed E-state index contributed by atoms with van der Waals surface area (Å²) in [7, 11) is 0. The summed E-state index contributed by atoms with van der Waals surface area (Å²) in [6.45, 7) is 0.0997. The van der Waals surface area contributed by atoms with Gasteiger partial charge in [-0.15, -0.1) is 11.3 Å². The van der Waals surface area contributed by atoms with Crippen molar-refractivity contribution in [1.82, 2.24) is 9.97 Å². The number of furan rings is 1. The average molecular weight is 398 g/mol. The molecule has 0 saturated heterocycles. The van der Waals surface area contributed by atoms with E-state index >= 15 is 0 Å². The number of esters is 1. The summed E-state index contributed by atoms with van der Waals surface area (Å²) in [5.41, 5.74) is 1.39. The van der Waals surface area contributed by atoms with Gasteiger partial charge in [0.2, 0.25) is 0 Å². The number of hydrogen-bond acceptors (Lipinski definition) is 7. The molecule has 0 N–H and O–H groups in total. The third-order valence-corrected chi connectivity index (χ3v) is 4.80. The molecule has 0 amide bonds. The maximum absolute atomic E-state index is 13.0. The van der Waals surface area contributed by atoms with Gasteiger partial charge in [0.1, 0.15) is 12.4 Å². The Morgan fingerprint density at radius 2 is 2.04 bits per heavy atom. The zero-order chi connectivity index (χ0) is 19.3. The second kappa shape index (κ2) is 8.18. The van der Waals surface area contributed by atoms with E-state index in [9.17, 15) is 9.18 Å². The first-order valence-corrected chi connectivity index (χ1v) is 9.40. The van der Waals surface area contributed by atoms with Crippen LogP contribution in [0.4, 0.5) is 4.39 Å². The molecule has 0 radical (unpaired) electrons. The van der Waals surface area contributed by atoms with E-state index in [2.05, 4.69) is 9.97 Å². The third-order valence-electron chi connectivity index (χ3n) is 3.89. The van der Waals surface area contributed by atoms with Crippen LogP contribution in [-0.4, -0.2) is 15.9 Å². The molecule has 0 aliphatic rings. The Morgan fingerprint density at radius 3 is 2.82 bits per heavy atom. The van der Waals surface area contributed by atoms with Crippen LogP contribution in [0, 0.1) is 5.82 Å². The largest absolute Gasteiger partial charge is 0.462 e. The predicted octanol–water partition coefficient (Wildman–Crippen LogP) is 4.87. The molecule has 0 fully saturated rings. The minimum absolute atomic E-state index is 0.0997. The van der Waals surface area contributed by atoms with Crippen molar-refractivity contribution in [3.63, 3.8) is 0 Å². The van der Waals surface area contributed by atoms with Crippen LogP contribution in [0.25, 0.3) is 22.1 Å². The molecule has 142 valence electrons. The first-order chi connectivity index (χ1) is 13.7. The van der Waals surface area contributed by atoms with Gasteiger partial charge >= 0.3 is 5.97 Å². The van der Waals surface area contributed by atoms with Crippen molar-refractivity contribution in [2.24, 2.45) is 0 Å². The standard InChI is InChI=1S/C20H15FN2O4S/c21-14-5-3-13(4-6-14)17-10-22-18(27-17)7-8-19(24)26-11-15-12-28-20(23-15)16-2-1-9-25-16/h1-6,9-10,12H,7-8,11H2. The topological polar surface area (TPSA) is 78.4 Å². The fraction of sp³-hybridized carbons (Fsp3) is 0.150. The summed E-state index contributed by atoms with van der Waals surface area (Å²) in [4.78, 5) is 20.5. The molecule has 4 aromatic rings. The monoisotopic (exact) mass is 398 g/mol. The van der Waals surface area contributed by atoms with Crippen LogP contribution in [0.1, 0.15) is 18.0 Å². The van der Waals surface area contributed by atoms with Crippen LogP contribution in [0.15, 0.2) is 63.1 Å². The van der Waals surface area contributed by atoms with Gasteiger partial charge in [-0.25, -0.2) is 14.4 Å². The van der Waals surface area contributed by atoms with Gasteiger partial charge in [-0.1, -0.05) is 0 Å². The molecule has 8 heteroatoms. The lowest BCUT2D eigenvalue weighted by atomic mass is 10.2. The highest BCUT2D eigenvalue weighted by atomic mass is 32.1. The van der Waals surface area contributed by atoms with Gasteiger partial charge < -0.3 is 13.6 Å². The second-order valence-corrected chi connectivity index (χ2v) is 6.77. The first kappa shape index (κ1) is 18.1. The van der Waals surface area contributed by atoms with E-state index < -0.39 is 0 Å². The number of ether oxygens (including phenoxy) is 1. The molecule has 28 heavy (non-hydrogen) atoms. The van der Waals surface area contributed by atoms with Crippen LogP contribution in [0.2, 0.25) is 0 Å². The molecular weight excluding hydrogens is 383 g/mol. The summed E-state index contributed by atoms with van der Waals surface area (Å²) >= 11 is 1.43. The van der Waals surface area contributed by atoms with E-state index in [1.54, 1.807) is 30.7 Å². The zero-order valence-corrected chi connectivity index (χ0v) is 15.4. The van der Waals surface area contributed by atoms with Gasteiger partial charge in [0.25, 0.3) is 0 Å². The lowest BCUT2D eigenvalue weighted by Crippen LogP contribution is -2.06. The number of aromatic nitrogens is 2. The highest BCUT2D eigenvalue weighted by Crippen LogP contribution is 2.24. The lowest BCUT2D eigenvalue weighted by molar-refractivity contribution is -0.145. The second-order valence-electron chi connectivity index (χ2n) is 5.91. The Bertz CT molecular complexity index is 1050. The third kappa shape index (κ3) is 4.34. The quantitative estimate of drug-likeness (QED) is 0.413. The Labute approximate surface area is 163 Å². The normalized spacial score (nSPS) is 10.9. The molecule has 6 nitrogen and oxygen atoms in total. The summed E-state index contributed by atoms with van der Waals surface area (Å²) in [5.74, 6) is 0.946. The van der Waals surface area contributed by atoms with E-state index in [0.29, 0.717) is 29.5 Å². The molecule has 1 aromatic carbocycles. The highest BCUT2D eigenvalue weighted by molar-refractivity contribution is 7.13. The molecule has 0 atom stereocenters. The Kier molecular flexibility index (Phi) is 5.29. The van der Waals surface area contributed by atoms with Crippen molar-refractivity contribution < 1.29 is 22.8 Å². The van der Waals surface area contributed by atoms with Crippen LogP contribution < -0.4 is 0 Å². The zero-order valence-electron chi connectivity index (χ0n) is 14.6.